The molecule has 0 saturated carbocycles. The molecule has 0 aliphatic carbocycles. The molecule has 26 heavy (non-hydrogen) atoms. The molecule has 1 N–H and O–H groups in total. The van der Waals surface area contributed by atoms with E-state index in [0.29, 0.717) is 17.3 Å². The van der Waals surface area contributed by atoms with Gasteiger partial charge in [-0.1, -0.05) is 0 Å². The molecule has 0 unspecified atom stereocenters. The van der Waals surface area contributed by atoms with Crippen LogP contribution in [0.1, 0.15) is 23.2 Å². The monoisotopic (exact) mass is 376 g/mol. The summed E-state index contributed by atoms with van der Waals surface area (Å²) in [7, 11) is 0. The van der Waals surface area contributed by atoms with E-state index >= 15 is 0 Å². The van der Waals surface area contributed by atoms with Crippen molar-refractivity contribution in [2.45, 2.75) is 39.2 Å². The molecule has 3 rings (SSSR count). The zero-order valence-electron chi connectivity index (χ0n) is 13.8. The van der Waals surface area contributed by atoms with E-state index in [-0.39, 0.29) is 21.8 Å². The van der Waals surface area contributed by atoms with Crippen molar-refractivity contribution in [2.75, 3.05) is 0 Å². The van der Waals surface area contributed by atoms with Crippen LogP contribution >= 0.6 is 0 Å². The molecule has 2 heterocycles. The largest absolute Gasteiger partial charge is 0.417 e. The zero-order valence-corrected chi connectivity index (χ0v) is 13.8. The highest BCUT2D eigenvalue weighted by molar-refractivity contribution is 6.09. The molecule has 0 bridgehead atoms. The summed E-state index contributed by atoms with van der Waals surface area (Å²) in [6.07, 6.45) is -10.2. The molecule has 1 aromatic carbocycles. The lowest BCUT2D eigenvalue weighted by Crippen LogP contribution is -2.14. The predicted molar refractivity (Wildman–Crippen MR) is 85.2 cm³/mol. The van der Waals surface area contributed by atoms with Crippen molar-refractivity contribution in [3.05, 3.63) is 45.4 Å². The highest BCUT2D eigenvalue weighted by atomic mass is 19.4. The summed E-state index contributed by atoms with van der Waals surface area (Å²) >= 11 is 0. The van der Waals surface area contributed by atoms with Crippen LogP contribution in [0.5, 0.6) is 0 Å². The first-order valence-electron chi connectivity index (χ1n) is 7.69. The van der Waals surface area contributed by atoms with Crippen LogP contribution in [0.15, 0.2) is 23.0 Å². The second kappa shape index (κ2) is 5.78. The fourth-order valence-electron chi connectivity index (χ4n) is 3.27. The molecule has 3 nitrogen and oxygen atoms in total. The maximum absolute atomic E-state index is 13.5. The van der Waals surface area contributed by atoms with Gasteiger partial charge in [-0.3, -0.25) is 4.79 Å². The summed E-state index contributed by atoms with van der Waals surface area (Å²) in [5.41, 5.74) is -0.822. The number of benzene rings is 1. The standard InChI is InChI=1S/C17H14F6N2O/c1-8-9(2)25(6-5-16(18,19)20)12-4-3-11-15(14(8)12)10(17(21,22)23)7-13(26)24-11/h3-4,7H,5-6H2,1-2H3,(H,24,26). The Morgan fingerprint density at radius 2 is 1.69 bits per heavy atom. The second-order valence-corrected chi connectivity index (χ2v) is 6.15. The van der Waals surface area contributed by atoms with Crippen LogP contribution in [0, 0.1) is 13.8 Å². The van der Waals surface area contributed by atoms with Crippen molar-refractivity contribution >= 4 is 21.8 Å². The number of aromatic amines is 1. The summed E-state index contributed by atoms with van der Waals surface area (Å²) in [5.74, 6) is 0. The van der Waals surface area contributed by atoms with Crippen LogP contribution in [0.2, 0.25) is 0 Å². The fourth-order valence-corrected chi connectivity index (χ4v) is 3.27. The van der Waals surface area contributed by atoms with Gasteiger partial charge in [0.25, 0.3) is 0 Å². The summed E-state index contributed by atoms with van der Waals surface area (Å²) in [6.45, 7) is 2.73. The molecule has 0 amide bonds. The second-order valence-electron chi connectivity index (χ2n) is 6.15. The van der Waals surface area contributed by atoms with Gasteiger partial charge in [-0.25, -0.2) is 0 Å². The van der Waals surface area contributed by atoms with E-state index in [1.165, 1.54) is 16.7 Å². The van der Waals surface area contributed by atoms with Crippen molar-refractivity contribution in [1.29, 1.82) is 0 Å². The van der Waals surface area contributed by atoms with Crippen molar-refractivity contribution in [1.82, 2.24) is 9.55 Å². The number of alkyl halides is 6. The Morgan fingerprint density at radius 1 is 1.04 bits per heavy atom. The molecule has 0 aliphatic heterocycles. The van der Waals surface area contributed by atoms with Gasteiger partial charge >= 0.3 is 12.4 Å². The lowest BCUT2D eigenvalue weighted by atomic mass is 10.0. The first-order chi connectivity index (χ1) is 11.9. The predicted octanol–water partition coefficient (Wildman–Crippen LogP) is 5.07. The van der Waals surface area contributed by atoms with Crippen LogP contribution in [0.25, 0.3) is 21.8 Å². The number of nitrogens with zero attached hydrogens (tertiary/aromatic N) is 1. The van der Waals surface area contributed by atoms with Crippen LogP contribution < -0.4 is 5.56 Å². The molecule has 0 saturated heterocycles. The molecule has 0 atom stereocenters. The Labute approximate surface area is 143 Å². The minimum atomic E-state index is -4.77. The number of aryl methyl sites for hydroxylation is 2. The Morgan fingerprint density at radius 3 is 2.27 bits per heavy atom. The third kappa shape index (κ3) is 3.06. The normalized spacial score (nSPS) is 13.1. The van der Waals surface area contributed by atoms with Gasteiger partial charge in [0.05, 0.1) is 12.0 Å². The van der Waals surface area contributed by atoms with E-state index in [0.717, 1.165) is 0 Å². The summed E-state index contributed by atoms with van der Waals surface area (Å²) in [5, 5.41) is -0.00768. The smallest absolute Gasteiger partial charge is 0.344 e. The number of hydrogen-bond acceptors (Lipinski definition) is 1. The lowest BCUT2D eigenvalue weighted by molar-refractivity contribution is -0.137. The van der Waals surface area contributed by atoms with Crippen molar-refractivity contribution in [2.24, 2.45) is 0 Å². The zero-order chi connectivity index (χ0) is 19.4. The average Bonchev–Trinajstić information content (AvgIpc) is 2.74. The Bertz CT molecular complexity index is 1060. The Hall–Kier alpha value is -2.45. The highest BCUT2D eigenvalue weighted by Gasteiger charge is 2.35. The van der Waals surface area contributed by atoms with Gasteiger partial charge in [-0.05, 0) is 31.5 Å². The van der Waals surface area contributed by atoms with Crippen LogP contribution in [0.3, 0.4) is 0 Å². The first kappa shape index (κ1) is 18.3. The van der Waals surface area contributed by atoms with E-state index in [9.17, 15) is 31.1 Å². The number of H-pyrrole nitrogens is 1. The number of pyridine rings is 1. The third-order valence-electron chi connectivity index (χ3n) is 4.52. The van der Waals surface area contributed by atoms with E-state index < -0.39 is 36.4 Å². The molecule has 2 aromatic heterocycles. The van der Waals surface area contributed by atoms with Gasteiger partial charge in [-0.15, -0.1) is 0 Å². The van der Waals surface area contributed by atoms with E-state index in [4.69, 9.17) is 0 Å². The van der Waals surface area contributed by atoms with E-state index in [1.54, 1.807) is 13.8 Å². The highest BCUT2D eigenvalue weighted by Crippen LogP contribution is 2.39. The Balaban J connectivity index is 2.39. The van der Waals surface area contributed by atoms with Crippen molar-refractivity contribution in [3.8, 4) is 0 Å². The number of hydrogen-bond donors (Lipinski definition) is 1. The summed E-state index contributed by atoms with van der Waals surface area (Å²) in [4.78, 5) is 13.9. The molecular formula is C17H14F6N2O. The number of fused-ring (bicyclic) bond motifs is 3. The third-order valence-corrected chi connectivity index (χ3v) is 4.52. The van der Waals surface area contributed by atoms with Gasteiger partial charge in [0.15, 0.2) is 0 Å². The van der Waals surface area contributed by atoms with Crippen molar-refractivity contribution in [3.63, 3.8) is 0 Å². The number of rotatable bonds is 2. The van der Waals surface area contributed by atoms with Gasteiger partial charge in [0.1, 0.15) is 0 Å². The van der Waals surface area contributed by atoms with E-state index in [2.05, 4.69) is 4.98 Å². The first-order valence-corrected chi connectivity index (χ1v) is 7.69. The molecular weight excluding hydrogens is 362 g/mol. The number of halogens is 6. The topological polar surface area (TPSA) is 37.8 Å². The fraction of sp³-hybridized carbons (Fsp3) is 0.353. The average molecular weight is 376 g/mol. The molecule has 0 aliphatic rings. The van der Waals surface area contributed by atoms with Crippen LogP contribution in [-0.4, -0.2) is 15.7 Å². The Kier molecular flexibility index (Phi) is 4.08. The molecule has 0 spiro atoms. The summed E-state index contributed by atoms with van der Waals surface area (Å²) in [6, 6.07) is 3.20. The van der Waals surface area contributed by atoms with Gasteiger partial charge in [0, 0.05) is 40.1 Å². The maximum Gasteiger partial charge on any atom is 0.417 e. The quantitative estimate of drug-likeness (QED) is 0.623. The number of nitrogens with one attached hydrogen (secondary N) is 1. The SMILES string of the molecule is Cc1c(C)n(CCC(F)(F)F)c2ccc3[nH]c(=O)cc(C(F)(F)F)c3c12. The van der Waals surface area contributed by atoms with Gasteiger partial charge in [0.2, 0.25) is 5.56 Å². The van der Waals surface area contributed by atoms with Crippen molar-refractivity contribution < 1.29 is 26.3 Å². The van der Waals surface area contributed by atoms with Gasteiger partial charge < -0.3 is 9.55 Å². The lowest BCUT2D eigenvalue weighted by Gasteiger charge is -2.13. The molecule has 3 aromatic rings. The number of aromatic nitrogens is 2. The van der Waals surface area contributed by atoms with Gasteiger partial charge in [-0.2, -0.15) is 26.3 Å². The minimum absolute atomic E-state index is 0.00611. The molecule has 0 radical (unpaired) electrons. The molecule has 140 valence electrons. The molecule has 0 fully saturated rings. The summed E-state index contributed by atoms with van der Waals surface area (Å²) < 4.78 is 79.5. The minimum Gasteiger partial charge on any atom is -0.344 e. The molecule has 9 heteroatoms. The van der Waals surface area contributed by atoms with Crippen LogP contribution in [0.4, 0.5) is 26.3 Å². The van der Waals surface area contributed by atoms with E-state index in [1.807, 2.05) is 0 Å². The van der Waals surface area contributed by atoms with Crippen LogP contribution in [-0.2, 0) is 12.7 Å². The maximum atomic E-state index is 13.5.